The molecule has 2 heteroatoms. The van der Waals surface area contributed by atoms with Gasteiger partial charge in [-0.15, -0.1) is 0 Å². The molecule has 0 radical (unpaired) electrons. The van der Waals surface area contributed by atoms with E-state index in [9.17, 15) is 0 Å². The summed E-state index contributed by atoms with van der Waals surface area (Å²) in [6, 6.07) is 31.6. The van der Waals surface area contributed by atoms with Gasteiger partial charge in [0, 0.05) is 0 Å². The van der Waals surface area contributed by atoms with Crippen molar-refractivity contribution in [3.8, 4) is 0 Å². The summed E-state index contributed by atoms with van der Waals surface area (Å²) in [6.07, 6.45) is 0.0956. The Hall–Kier alpha value is -2.16. The Bertz CT molecular complexity index is 643. The maximum absolute atomic E-state index is 6.55. The first-order valence-electron chi connectivity index (χ1n) is 7.65. The van der Waals surface area contributed by atoms with E-state index >= 15 is 0 Å². The van der Waals surface area contributed by atoms with E-state index in [4.69, 9.17) is 4.43 Å². The van der Waals surface area contributed by atoms with Crippen molar-refractivity contribution in [2.45, 2.75) is 13.0 Å². The highest BCUT2D eigenvalue weighted by atomic mass is 28.3. The topological polar surface area (TPSA) is 9.23 Å². The maximum Gasteiger partial charge on any atom is 0.240 e. The molecule has 3 aromatic rings. The molecule has 0 aliphatic carbocycles. The molecule has 0 amide bonds. The van der Waals surface area contributed by atoms with E-state index in [2.05, 4.69) is 91.9 Å². The van der Waals surface area contributed by atoms with Crippen molar-refractivity contribution in [2.75, 3.05) is 0 Å². The van der Waals surface area contributed by atoms with Crippen LogP contribution in [-0.4, -0.2) is 9.04 Å². The molecule has 1 atom stereocenters. The summed E-state index contributed by atoms with van der Waals surface area (Å²) >= 11 is 0. The second kappa shape index (κ2) is 7.21. The van der Waals surface area contributed by atoms with Crippen LogP contribution in [0.4, 0.5) is 0 Å². The Morgan fingerprint density at radius 3 is 1.50 bits per heavy atom. The van der Waals surface area contributed by atoms with Gasteiger partial charge in [0.15, 0.2) is 0 Å². The van der Waals surface area contributed by atoms with Crippen LogP contribution in [0.2, 0.25) is 0 Å². The fraction of sp³-hybridized carbons (Fsp3) is 0.100. The van der Waals surface area contributed by atoms with Crippen LogP contribution in [0.15, 0.2) is 91.0 Å². The second-order valence-electron chi connectivity index (χ2n) is 5.39. The first kappa shape index (κ1) is 14.8. The Labute approximate surface area is 133 Å². The van der Waals surface area contributed by atoms with Crippen LogP contribution in [0.1, 0.15) is 18.6 Å². The molecule has 3 rings (SSSR count). The molecule has 110 valence electrons. The number of hydrogen-bond acceptors (Lipinski definition) is 1. The number of rotatable bonds is 5. The van der Waals surface area contributed by atoms with Gasteiger partial charge in [-0.3, -0.25) is 0 Å². The van der Waals surface area contributed by atoms with E-state index in [0.717, 1.165) is 0 Å². The highest BCUT2D eigenvalue weighted by Crippen LogP contribution is 2.17. The second-order valence-corrected chi connectivity index (χ2v) is 7.76. The number of hydrogen-bond donors (Lipinski definition) is 0. The molecule has 0 bridgehead atoms. The first-order valence-corrected chi connectivity index (χ1v) is 9.27. The van der Waals surface area contributed by atoms with Crippen LogP contribution in [0.25, 0.3) is 0 Å². The van der Waals surface area contributed by atoms with Gasteiger partial charge in [-0.25, -0.2) is 0 Å². The van der Waals surface area contributed by atoms with Gasteiger partial charge in [0.05, 0.1) is 6.10 Å². The molecular weight excluding hydrogens is 284 g/mol. The zero-order valence-electron chi connectivity index (χ0n) is 12.7. The van der Waals surface area contributed by atoms with Crippen molar-refractivity contribution in [1.29, 1.82) is 0 Å². The van der Waals surface area contributed by atoms with E-state index in [1.54, 1.807) is 0 Å². The fourth-order valence-electron chi connectivity index (χ4n) is 2.61. The summed E-state index contributed by atoms with van der Waals surface area (Å²) in [4.78, 5) is 0. The molecule has 0 saturated heterocycles. The molecule has 0 N–H and O–H groups in total. The van der Waals surface area contributed by atoms with E-state index < -0.39 is 9.04 Å². The molecule has 0 aliphatic rings. The van der Waals surface area contributed by atoms with E-state index in [1.165, 1.54) is 15.9 Å². The van der Waals surface area contributed by atoms with E-state index in [1.807, 2.05) is 6.07 Å². The summed E-state index contributed by atoms with van der Waals surface area (Å²) < 4.78 is 6.55. The molecule has 0 saturated carbocycles. The lowest BCUT2D eigenvalue weighted by Gasteiger charge is -2.22. The van der Waals surface area contributed by atoms with Gasteiger partial charge in [-0.1, -0.05) is 91.0 Å². The standard InChI is InChI=1S/C20H20OSi/c1-17(18-11-5-2-6-12-18)21-22(19-13-7-3-8-14-19)20-15-9-4-10-16-20/h2-17,22H,1H3/t17-/m1/s1. The maximum atomic E-state index is 6.55. The van der Waals surface area contributed by atoms with Crippen molar-refractivity contribution in [2.24, 2.45) is 0 Å². The SMILES string of the molecule is C[C@@H](O[SiH](c1ccccc1)c1ccccc1)c1ccccc1. The van der Waals surface area contributed by atoms with Gasteiger partial charge in [-0.2, -0.15) is 0 Å². The first-order chi connectivity index (χ1) is 10.8. The third-order valence-corrected chi connectivity index (χ3v) is 6.48. The summed E-state index contributed by atoms with van der Waals surface area (Å²) in [7, 11) is -1.68. The summed E-state index contributed by atoms with van der Waals surface area (Å²) in [5.41, 5.74) is 1.23. The van der Waals surface area contributed by atoms with E-state index in [-0.39, 0.29) is 6.10 Å². The van der Waals surface area contributed by atoms with Crippen molar-refractivity contribution in [3.63, 3.8) is 0 Å². The summed E-state index contributed by atoms with van der Waals surface area (Å²) in [5, 5.41) is 2.63. The lowest BCUT2D eigenvalue weighted by atomic mass is 10.1. The monoisotopic (exact) mass is 304 g/mol. The van der Waals surface area contributed by atoms with Gasteiger partial charge in [0.1, 0.15) is 0 Å². The minimum atomic E-state index is -1.68. The average molecular weight is 304 g/mol. The molecule has 0 spiro atoms. The zero-order chi connectivity index (χ0) is 15.2. The fourth-order valence-corrected chi connectivity index (χ4v) is 5.02. The van der Waals surface area contributed by atoms with Crippen LogP contribution in [0.5, 0.6) is 0 Å². The highest BCUT2D eigenvalue weighted by molar-refractivity contribution is 6.80. The lowest BCUT2D eigenvalue weighted by molar-refractivity contribution is 0.237. The Morgan fingerprint density at radius 1 is 0.636 bits per heavy atom. The molecule has 0 heterocycles. The molecule has 0 aliphatic heterocycles. The molecule has 0 fully saturated rings. The molecule has 0 aromatic heterocycles. The largest absolute Gasteiger partial charge is 0.404 e. The Morgan fingerprint density at radius 2 is 1.05 bits per heavy atom. The van der Waals surface area contributed by atoms with Crippen LogP contribution >= 0.6 is 0 Å². The van der Waals surface area contributed by atoms with Gasteiger partial charge in [0.2, 0.25) is 9.04 Å². The minimum absolute atomic E-state index is 0.0956. The third-order valence-electron chi connectivity index (χ3n) is 3.81. The van der Waals surface area contributed by atoms with Crippen molar-refractivity contribution < 1.29 is 4.43 Å². The van der Waals surface area contributed by atoms with E-state index in [0.29, 0.717) is 0 Å². The predicted molar refractivity (Wildman–Crippen MR) is 95.2 cm³/mol. The van der Waals surface area contributed by atoms with Crippen LogP contribution in [-0.2, 0) is 4.43 Å². The van der Waals surface area contributed by atoms with Crippen LogP contribution in [0.3, 0.4) is 0 Å². The normalized spacial score (nSPS) is 12.3. The zero-order valence-corrected chi connectivity index (χ0v) is 13.9. The van der Waals surface area contributed by atoms with Gasteiger partial charge in [0.25, 0.3) is 0 Å². The van der Waals surface area contributed by atoms with Gasteiger partial charge >= 0.3 is 0 Å². The van der Waals surface area contributed by atoms with Crippen molar-refractivity contribution in [3.05, 3.63) is 96.6 Å². The van der Waals surface area contributed by atoms with Crippen LogP contribution in [0, 0.1) is 0 Å². The Balaban J connectivity index is 1.90. The molecule has 0 unspecified atom stereocenters. The highest BCUT2D eigenvalue weighted by Gasteiger charge is 2.20. The minimum Gasteiger partial charge on any atom is -0.404 e. The van der Waals surface area contributed by atoms with Crippen molar-refractivity contribution >= 4 is 19.4 Å². The summed E-state index contributed by atoms with van der Waals surface area (Å²) in [6.45, 7) is 2.14. The average Bonchev–Trinajstić information content (AvgIpc) is 2.62. The molecular formula is C20H20OSi. The molecule has 3 aromatic carbocycles. The van der Waals surface area contributed by atoms with Crippen molar-refractivity contribution in [1.82, 2.24) is 0 Å². The molecule has 22 heavy (non-hydrogen) atoms. The number of benzene rings is 3. The summed E-state index contributed by atoms with van der Waals surface area (Å²) in [5.74, 6) is 0. The third kappa shape index (κ3) is 3.53. The smallest absolute Gasteiger partial charge is 0.240 e. The van der Waals surface area contributed by atoms with Gasteiger partial charge < -0.3 is 4.43 Å². The lowest BCUT2D eigenvalue weighted by Crippen LogP contribution is -2.45. The quantitative estimate of drug-likeness (QED) is 0.657. The van der Waals surface area contributed by atoms with Gasteiger partial charge in [-0.05, 0) is 22.9 Å². The Kier molecular flexibility index (Phi) is 4.84. The van der Waals surface area contributed by atoms with Crippen LogP contribution < -0.4 is 10.4 Å². The molecule has 1 nitrogen and oxygen atoms in total. The predicted octanol–water partition coefficient (Wildman–Crippen LogP) is 3.30.